The van der Waals surface area contributed by atoms with Gasteiger partial charge in [-0.3, -0.25) is 0 Å². The smallest absolute Gasteiger partial charge is 0.223 e. The molecule has 0 aliphatic rings. The number of nitrogens with two attached hydrogens (primary N) is 1. The lowest BCUT2D eigenvalue weighted by Gasteiger charge is -1.95. The van der Waals surface area contributed by atoms with Crippen molar-refractivity contribution in [3.63, 3.8) is 0 Å². The third-order valence-electron chi connectivity index (χ3n) is 2.38. The maximum absolute atomic E-state index is 5.73. The Morgan fingerprint density at radius 3 is 3.06 bits per heavy atom. The standard InChI is InChI=1S/C11H11N5OS/c1-6-14-10(16-17-6)5-13-11-15-8-3-2-7(12)4-9(8)18-11/h2-4H,5,12H2,1H3,(H,13,15). The van der Waals surface area contributed by atoms with E-state index in [0.717, 1.165) is 21.0 Å². The molecule has 6 nitrogen and oxygen atoms in total. The number of rotatable bonds is 3. The summed E-state index contributed by atoms with van der Waals surface area (Å²) in [7, 11) is 0. The number of thiazole rings is 1. The maximum Gasteiger partial charge on any atom is 0.223 e. The zero-order valence-electron chi connectivity index (χ0n) is 9.67. The molecule has 18 heavy (non-hydrogen) atoms. The third kappa shape index (κ3) is 2.12. The summed E-state index contributed by atoms with van der Waals surface area (Å²) in [6.45, 7) is 2.25. The molecular weight excluding hydrogens is 250 g/mol. The van der Waals surface area contributed by atoms with E-state index in [1.807, 2.05) is 18.2 Å². The first kappa shape index (κ1) is 11.0. The molecule has 0 amide bonds. The van der Waals surface area contributed by atoms with E-state index >= 15 is 0 Å². The summed E-state index contributed by atoms with van der Waals surface area (Å²) in [4.78, 5) is 8.55. The van der Waals surface area contributed by atoms with Crippen molar-refractivity contribution in [1.29, 1.82) is 0 Å². The van der Waals surface area contributed by atoms with Gasteiger partial charge in [-0.05, 0) is 18.2 Å². The fraction of sp³-hybridized carbons (Fsp3) is 0.182. The summed E-state index contributed by atoms with van der Waals surface area (Å²) in [5.74, 6) is 1.18. The number of nitrogens with zero attached hydrogens (tertiary/aromatic N) is 3. The van der Waals surface area contributed by atoms with Crippen LogP contribution in [0.4, 0.5) is 10.8 Å². The van der Waals surface area contributed by atoms with E-state index in [1.165, 1.54) is 0 Å². The minimum Gasteiger partial charge on any atom is -0.399 e. The second-order valence-electron chi connectivity index (χ2n) is 3.83. The molecule has 2 heterocycles. The molecule has 3 N–H and O–H groups in total. The number of nitrogen functional groups attached to an aromatic ring is 1. The Balaban J connectivity index is 1.78. The Kier molecular flexibility index (Phi) is 2.60. The number of benzene rings is 1. The first-order valence-electron chi connectivity index (χ1n) is 5.40. The molecule has 0 saturated carbocycles. The van der Waals surface area contributed by atoms with Crippen LogP contribution >= 0.6 is 11.3 Å². The highest BCUT2D eigenvalue weighted by Crippen LogP contribution is 2.27. The zero-order chi connectivity index (χ0) is 12.5. The first-order valence-corrected chi connectivity index (χ1v) is 6.21. The minimum absolute atomic E-state index is 0.493. The molecule has 0 fully saturated rings. The fourth-order valence-electron chi connectivity index (χ4n) is 1.58. The van der Waals surface area contributed by atoms with Crippen LogP contribution in [-0.4, -0.2) is 15.1 Å². The largest absolute Gasteiger partial charge is 0.399 e. The molecule has 0 bridgehead atoms. The number of anilines is 2. The van der Waals surface area contributed by atoms with Gasteiger partial charge in [-0.2, -0.15) is 4.98 Å². The van der Waals surface area contributed by atoms with Gasteiger partial charge in [0.1, 0.15) is 0 Å². The van der Waals surface area contributed by atoms with E-state index in [-0.39, 0.29) is 0 Å². The van der Waals surface area contributed by atoms with Crippen LogP contribution in [0.3, 0.4) is 0 Å². The SMILES string of the molecule is Cc1nc(CNc2nc3ccc(N)cc3s2)no1. The number of hydrogen-bond acceptors (Lipinski definition) is 7. The maximum atomic E-state index is 5.73. The van der Waals surface area contributed by atoms with Crippen LogP contribution in [0.25, 0.3) is 10.2 Å². The topological polar surface area (TPSA) is 89.9 Å². The summed E-state index contributed by atoms with van der Waals surface area (Å²) in [6, 6.07) is 5.66. The summed E-state index contributed by atoms with van der Waals surface area (Å²) in [5, 5.41) is 7.79. The molecule has 92 valence electrons. The van der Waals surface area contributed by atoms with E-state index < -0.39 is 0 Å². The lowest BCUT2D eigenvalue weighted by molar-refractivity contribution is 0.388. The van der Waals surface area contributed by atoms with Gasteiger partial charge >= 0.3 is 0 Å². The number of aromatic nitrogens is 3. The van der Waals surface area contributed by atoms with Crippen LogP contribution in [0, 0.1) is 6.92 Å². The molecule has 3 aromatic rings. The predicted molar refractivity (Wildman–Crippen MR) is 70.4 cm³/mol. The van der Waals surface area contributed by atoms with Crippen molar-refractivity contribution in [3.05, 3.63) is 29.9 Å². The molecular formula is C11H11N5OS. The molecule has 1 aromatic carbocycles. The van der Waals surface area contributed by atoms with Gasteiger partial charge in [0.05, 0.1) is 16.8 Å². The number of aryl methyl sites for hydroxylation is 1. The number of fused-ring (bicyclic) bond motifs is 1. The van der Waals surface area contributed by atoms with Crippen molar-refractivity contribution in [3.8, 4) is 0 Å². The van der Waals surface area contributed by atoms with Gasteiger partial charge in [0.25, 0.3) is 0 Å². The van der Waals surface area contributed by atoms with Crippen molar-refractivity contribution in [2.24, 2.45) is 0 Å². The Morgan fingerprint density at radius 1 is 1.39 bits per heavy atom. The van der Waals surface area contributed by atoms with Gasteiger partial charge in [0, 0.05) is 12.6 Å². The second-order valence-corrected chi connectivity index (χ2v) is 4.86. The molecule has 0 spiro atoms. The molecule has 0 unspecified atom stereocenters. The quantitative estimate of drug-likeness (QED) is 0.702. The molecule has 3 rings (SSSR count). The average Bonchev–Trinajstić information content (AvgIpc) is 2.92. The second kappa shape index (κ2) is 4.26. The van der Waals surface area contributed by atoms with Gasteiger partial charge in [-0.25, -0.2) is 4.98 Å². The van der Waals surface area contributed by atoms with Crippen molar-refractivity contribution < 1.29 is 4.52 Å². The third-order valence-corrected chi connectivity index (χ3v) is 3.36. The van der Waals surface area contributed by atoms with E-state index in [0.29, 0.717) is 18.3 Å². The van der Waals surface area contributed by atoms with Gasteiger partial charge in [-0.1, -0.05) is 16.5 Å². The molecule has 0 saturated heterocycles. The molecule has 0 aliphatic carbocycles. The van der Waals surface area contributed by atoms with Crippen LogP contribution < -0.4 is 11.1 Å². The molecule has 0 atom stereocenters. The van der Waals surface area contributed by atoms with Gasteiger partial charge in [-0.15, -0.1) is 0 Å². The summed E-state index contributed by atoms with van der Waals surface area (Å²) < 4.78 is 5.95. The zero-order valence-corrected chi connectivity index (χ0v) is 10.5. The van der Waals surface area contributed by atoms with Crippen molar-refractivity contribution in [1.82, 2.24) is 15.1 Å². The van der Waals surface area contributed by atoms with E-state index in [2.05, 4.69) is 20.4 Å². The lowest BCUT2D eigenvalue weighted by Crippen LogP contribution is -2.00. The molecule has 7 heteroatoms. The summed E-state index contributed by atoms with van der Waals surface area (Å²) >= 11 is 1.55. The van der Waals surface area contributed by atoms with E-state index in [1.54, 1.807) is 18.3 Å². The first-order chi connectivity index (χ1) is 8.70. The van der Waals surface area contributed by atoms with Gasteiger partial charge < -0.3 is 15.6 Å². The average molecular weight is 261 g/mol. The monoisotopic (exact) mass is 261 g/mol. The highest BCUT2D eigenvalue weighted by Gasteiger charge is 2.06. The number of hydrogen-bond donors (Lipinski definition) is 2. The van der Waals surface area contributed by atoms with Crippen LogP contribution in [-0.2, 0) is 6.54 Å². The Bertz CT molecular complexity index is 690. The predicted octanol–water partition coefficient (Wildman–Crippen LogP) is 2.18. The van der Waals surface area contributed by atoms with Gasteiger partial charge in [0.15, 0.2) is 11.0 Å². The van der Waals surface area contributed by atoms with Gasteiger partial charge in [0.2, 0.25) is 5.89 Å². The van der Waals surface area contributed by atoms with Crippen LogP contribution in [0.1, 0.15) is 11.7 Å². The lowest BCUT2D eigenvalue weighted by atomic mass is 10.3. The van der Waals surface area contributed by atoms with Crippen LogP contribution in [0.15, 0.2) is 22.7 Å². The molecule has 0 aliphatic heterocycles. The normalized spacial score (nSPS) is 10.9. The van der Waals surface area contributed by atoms with Crippen LogP contribution in [0.2, 0.25) is 0 Å². The Labute approximate surface area is 107 Å². The summed E-state index contributed by atoms with van der Waals surface area (Å²) in [5.41, 5.74) is 7.40. The van der Waals surface area contributed by atoms with E-state index in [9.17, 15) is 0 Å². The fourth-order valence-corrected chi connectivity index (χ4v) is 2.49. The Hall–Kier alpha value is -2.15. The van der Waals surface area contributed by atoms with Crippen LogP contribution in [0.5, 0.6) is 0 Å². The highest BCUT2D eigenvalue weighted by molar-refractivity contribution is 7.22. The van der Waals surface area contributed by atoms with E-state index in [4.69, 9.17) is 10.3 Å². The van der Waals surface area contributed by atoms with Crippen molar-refractivity contribution in [2.75, 3.05) is 11.1 Å². The molecule has 0 radical (unpaired) electrons. The number of nitrogens with one attached hydrogen (secondary N) is 1. The summed E-state index contributed by atoms with van der Waals surface area (Å²) in [6.07, 6.45) is 0. The van der Waals surface area contributed by atoms with Crippen molar-refractivity contribution in [2.45, 2.75) is 13.5 Å². The Morgan fingerprint density at radius 2 is 2.28 bits per heavy atom. The molecule has 2 aromatic heterocycles. The minimum atomic E-state index is 0.493. The highest BCUT2D eigenvalue weighted by atomic mass is 32.1. The van der Waals surface area contributed by atoms with Crippen molar-refractivity contribution >= 4 is 32.4 Å².